The van der Waals surface area contributed by atoms with E-state index < -0.39 is 0 Å². The Bertz CT molecular complexity index is 276. The Balaban J connectivity index is 2.12. The highest BCUT2D eigenvalue weighted by Gasteiger charge is 1.96. The summed E-state index contributed by atoms with van der Waals surface area (Å²) in [4.78, 5) is 0. The maximum atomic E-state index is 12.5. The van der Waals surface area contributed by atoms with E-state index in [4.69, 9.17) is 10.5 Å². The van der Waals surface area contributed by atoms with Crippen molar-refractivity contribution < 1.29 is 9.13 Å². The van der Waals surface area contributed by atoms with Gasteiger partial charge in [-0.15, -0.1) is 0 Å². The third-order valence-corrected chi connectivity index (χ3v) is 2.91. The largest absolute Gasteiger partial charge is 0.493 e. The SMILES string of the molecule is CC(N)CSCCOc1ccc(F)cc1. The van der Waals surface area contributed by atoms with Gasteiger partial charge < -0.3 is 10.5 Å². The maximum absolute atomic E-state index is 12.5. The zero-order valence-corrected chi connectivity index (χ0v) is 9.60. The lowest BCUT2D eigenvalue weighted by molar-refractivity contribution is 0.343. The fourth-order valence-electron chi connectivity index (χ4n) is 1.02. The van der Waals surface area contributed by atoms with Gasteiger partial charge in [0.25, 0.3) is 0 Å². The molecule has 2 N–H and O–H groups in total. The first-order chi connectivity index (χ1) is 7.18. The van der Waals surface area contributed by atoms with E-state index in [1.54, 1.807) is 23.9 Å². The highest BCUT2D eigenvalue weighted by Crippen LogP contribution is 2.11. The molecular formula is C11H16FNOS. The molecule has 0 aromatic heterocycles. The lowest BCUT2D eigenvalue weighted by Gasteiger charge is -2.07. The van der Waals surface area contributed by atoms with Gasteiger partial charge in [0, 0.05) is 17.5 Å². The summed E-state index contributed by atoms with van der Waals surface area (Å²) in [6, 6.07) is 6.27. The third kappa shape index (κ3) is 5.64. The minimum absolute atomic E-state index is 0.223. The van der Waals surface area contributed by atoms with Crippen molar-refractivity contribution in [3.8, 4) is 5.75 Å². The molecule has 0 fully saturated rings. The van der Waals surface area contributed by atoms with Crippen molar-refractivity contribution in [2.75, 3.05) is 18.1 Å². The van der Waals surface area contributed by atoms with Gasteiger partial charge in [0.2, 0.25) is 0 Å². The van der Waals surface area contributed by atoms with Crippen LogP contribution in [0.1, 0.15) is 6.92 Å². The van der Waals surface area contributed by atoms with Gasteiger partial charge in [-0.2, -0.15) is 11.8 Å². The zero-order chi connectivity index (χ0) is 11.1. The van der Waals surface area contributed by atoms with Crippen molar-refractivity contribution in [3.05, 3.63) is 30.1 Å². The smallest absolute Gasteiger partial charge is 0.123 e. The Kier molecular flexibility index (Phi) is 5.50. The fourth-order valence-corrected chi connectivity index (χ4v) is 1.76. The molecule has 0 saturated heterocycles. The van der Waals surface area contributed by atoms with Gasteiger partial charge in [-0.05, 0) is 31.2 Å². The van der Waals surface area contributed by atoms with Crippen LogP contribution in [0.3, 0.4) is 0 Å². The molecule has 0 amide bonds. The number of rotatable bonds is 6. The quantitative estimate of drug-likeness (QED) is 0.760. The summed E-state index contributed by atoms with van der Waals surface area (Å²) in [5.74, 6) is 2.30. The second-order valence-electron chi connectivity index (χ2n) is 3.35. The standard InChI is InChI=1S/C11H16FNOS/c1-9(13)8-15-7-6-14-11-4-2-10(12)3-5-11/h2-5,9H,6-8,13H2,1H3. The Hall–Kier alpha value is -0.740. The van der Waals surface area contributed by atoms with Crippen molar-refractivity contribution in [1.29, 1.82) is 0 Å². The number of benzene rings is 1. The van der Waals surface area contributed by atoms with Crippen molar-refractivity contribution in [1.82, 2.24) is 0 Å². The number of ether oxygens (including phenoxy) is 1. The summed E-state index contributed by atoms with van der Waals surface area (Å²) in [5.41, 5.74) is 5.60. The molecule has 0 radical (unpaired) electrons. The maximum Gasteiger partial charge on any atom is 0.123 e. The normalized spacial score (nSPS) is 12.5. The van der Waals surface area contributed by atoms with E-state index in [0.29, 0.717) is 12.4 Å². The van der Waals surface area contributed by atoms with E-state index in [1.165, 1.54) is 12.1 Å². The van der Waals surface area contributed by atoms with Crippen LogP contribution in [0.15, 0.2) is 24.3 Å². The zero-order valence-electron chi connectivity index (χ0n) is 8.78. The second-order valence-corrected chi connectivity index (χ2v) is 4.50. The molecule has 1 atom stereocenters. The summed E-state index contributed by atoms with van der Waals surface area (Å²) >= 11 is 1.76. The summed E-state index contributed by atoms with van der Waals surface area (Å²) in [6.45, 7) is 2.61. The average Bonchev–Trinajstić information content (AvgIpc) is 2.20. The number of hydrogen-bond acceptors (Lipinski definition) is 3. The molecule has 1 aromatic rings. The Morgan fingerprint density at radius 3 is 2.67 bits per heavy atom. The third-order valence-electron chi connectivity index (χ3n) is 1.69. The van der Waals surface area contributed by atoms with Crippen molar-refractivity contribution in [2.24, 2.45) is 5.73 Å². The molecular weight excluding hydrogens is 213 g/mol. The van der Waals surface area contributed by atoms with E-state index in [-0.39, 0.29) is 11.9 Å². The van der Waals surface area contributed by atoms with Crippen LogP contribution in [-0.2, 0) is 0 Å². The number of hydrogen-bond donors (Lipinski definition) is 1. The predicted molar refractivity (Wildman–Crippen MR) is 62.9 cm³/mol. The van der Waals surface area contributed by atoms with Crippen LogP contribution in [-0.4, -0.2) is 24.2 Å². The minimum atomic E-state index is -0.242. The van der Waals surface area contributed by atoms with Crippen LogP contribution in [0, 0.1) is 5.82 Å². The number of halogens is 1. The fraction of sp³-hybridized carbons (Fsp3) is 0.455. The molecule has 0 saturated carbocycles. The van der Waals surface area contributed by atoms with Gasteiger partial charge in [-0.25, -0.2) is 4.39 Å². The molecule has 0 aliphatic heterocycles. The van der Waals surface area contributed by atoms with Crippen LogP contribution in [0.5, 0.6) is 5.75 Å². The van der Waals surface area contributed by atoms with Crippen LogP contribution >= 0.6 is 11.8 Å². The molecule has 0 aliphatic carbocycles. The first-order valence-electron chi connectivity index (χ1n) is 4.90. The van der Waals surface area contributed by atoms with Crippen LogP contribution in [0.4, 0.5) is 4.39 Å². The Morgan fingerprint density at radius 2 is 2.07 bits per heavy atom. The molecule has 0 bridgehead atoms. The molecule has 1 rings (SSSR count). The predicted octanol–water partition coefficient (Wildman–Crippen LogP) is 2.28. The van der Waals surface area contributed by atoms with E-state index in [1.807, 2.05) is 6.92 Å². The molecule has 4 heteroatoms. The van der Waals surface area contributed by atoms with Gasteiger partial charge in [-0.3, -0.25) is 0 Å². The van der Waals surface area contributed by atoms with Gasteiger partial charge >= 0.3 is 0 Å². The topological polar surface area (TPSA) is 35.2 Å². The minimum Gasteiger partial charge on any atom is -0.493 e. The molecule has 84 valence electrons. The van der Waals surface area contributed by atoms with E-state index >= 15 is 0 Å². The van der Waals surface area contributed by atoms with Gasteiger partial charge in [0.1, 0.15) is 11.6 Å². The molecule has 0 heterocycles. The van der Waals surface area contributed by atoms with Crippen LogP contribution in [0.25, 0.3) is 0 Å². The summed E-state index contributed by atoms with van der Waals surface area (Å²) < 4.78 is 18.0. The molecule has 0 spiro atoms. The van der Waals surface area contributed by atoms with Gasteiger partial charge in [0.15, 0.2) is 0 Å². The second kappa shape index (κ2) is 6.69. The molecule has 1 aromatic carbocycles. The highest BCUT2D eigenvalue weighted by atomic mass is 32.2. The molecule has 2 nitrogen and oxygen atoms in total. The summed E-state index contributed by atoms with van der Waals surface area (Å²) in [6.07, 6.45) is 0. The highest BCUT2D eigenvalue weighted by molar-refractivity contribution is 7.99. The number of nitrogens with two attached hydrogens (primary N) is 1. The first kappa shape index (κ1) is 12.3. The Morgan fingerprint density at radius 1 is 1.40 bits per heavy atom. The molecule has 1 unspecified atom stereocenters. The Labute approximate surface area is 94.0 Å². The van der Waals surface area contributed by atoms with Crippen molar-refractivity contribution >= 4 is 11.8 Å². The van der Waals surface area contributed by atoms with E-state index in [9.17, 15) is 4.39 Å². The van der Waals surface area contributed by atoms with Crippen molar-refractivity contribution in [3.63, 3.8) is 0 Å². The lowest BCUT2D eigenvalue weighted by atomic mass is 10.3. The van der Waals surface area contributed by atoms with Gasteiger partial charge in [-0.1, -0.05) is 0 Å². The average molecular weight is 229 g/mol. The number of thioether (sulfide) groups is 1. The lowest BCUT2D eigenvalue weighted by Crippen LogP contribution is -2.18. The molecule has 15 heavy (non-hydrogen) atoms. The van der Waals surface area contributed by atoms with E-state index in [2.05, 4.69) is 0 Å². The monoisotopic (exact) mass is 229 g/mol. The van der Waals surface area contributed by atoms with Crippen molar-refractivity contribution in [2.45, 2.75) is 13.0 Å². The molecule has 0 aliphatic rings. The summed E-state index contributed by atoms with van der Waals surface area (Å²) in [7, 11) is 0. The van der Waals surface area contributed by atoms with Crippen LogP contribution < -0.4 is 10.5 Å². The van der Waals surface area contributed by atoms with Crippen LogP contribution in [0.2, 0.25) is 0 Å². The first-order valence-corrected chi connectivity index (χ1v) is 6.05. The summed E-state index contributed by atoms with van der Waals surface area (Å²) in [5, 5.41) is 0. The van der Waals surface area contributed by atoms with E-state index in [0.717, 1.165) is 11.5 Å². The van der Waals surface area contributed by atoms with Gasteiger partial charge in [0.05, 0.1) is 6.61 Å².